The van der Waals surface area contributed by atoms with Crippen LogP contribution in [0.2, 0.25) is 0 Å². The number of rotatable bonds is 3. The van der Waals surface area contributed by atoms with E-state index in [1.54, 1.807) is 0 Å². The Bertz CT molecular complexity index is 311. The minimum absolute atomic E-state index is 0.168. The van der Waals surface area contributed by atoms with Gasteiger partial charge in [-0.3, -0.25) is 0 Å². The molecular formula is C13H23NOS. The normalized spacial score (nSPS) is 38.8. The molecule has 2 rings (SSSR count). The molecule has 0 saturated heterocycles. The van der Waals surface area contributed by atoms with Crippen LogP contribution in [0.15, 0.2) is 5.16 Å². The minimum atomic E-state index is 0.168. The monoisotopic (exact) mass is 241 g/mol. The fourth-order valence-corrected chi connectivity index (χ4v) is 4.88. The summed E-state index contributed by atoms with van der Waals surface area (Å²) in [5.74, 6) is 1.85. The van der Waals surface area contributed by atoms with E-state index in [1.165, 1.54) is 12.8 Å². The molecule has 0 spiro atoms. The van der Waals surface area contributed by atoms with Crippen molar-refractivity contribution < 1.29 is 5.21 Å². The molecule has 0 aromatic heterocycles. The standard InChI is InChI=1S/C13H23NOS/c1-9(2)16-8-13-6-5-10(12(13,3)4)7-11(13)14-15/h9-10,15H,5-8H2,1-4H3/b14-11+/t10-,13-/m1/s1. The third-order valence-corrected chi connectivity index (χ3v) is 6.28. The maximum Gasteiger partial charge on any atom is 0.0649 e. The Morgan fingerprint density at radius 1 is 1.50 bits per heavy atom. The van der Waals surface area contributed by atoms with Gasteiger partial charge in [-0.1, -0.05) is 32.9 Å². The summed E-state index contributed by atoms with van der Waals surface area (Å²) in [6.07, 6.45) is 3.54. The van der Waals surface area contributed by atoms with Crippen LogP contribution < -0.4 is 0 Å². The van der Waals surface area contributed by atoms with Crippen LogP contribution >= 0.6 is 11.8 Å². The summed E-state index contributed by atoms with van der Waals surface area (Å²) in [6.45, 7) is 9.21. The van der Waals surface area contributed by atoms with Crippen molar-refractivity contribution in [2.24, 2.45) is 21.9 Å². The van der Waals surface area contributed by atoms with Gasteiger partial charge < -0.3 is 5.21 Å². The van der Waals surface area contributed by atoms with E-state index in [4.69, 9.17) is 0 Å². The Kier molecular flexibility index (Phi) is 3.02. The van der Waals surface area contributed by atoms with E-state index in [-0.39, 0.29) is 5.41 Å². The fourth-order valence-electron chi connectivity index (χ4n) is 3.58. The highest BCUT2D eigenvalue weighted by Gasteiger charge is 2.62. The number of fused-ring (bicyclic) bond motifs is 2. The Hall–Kier alpha value is -0.180. The zero-order chi connectivity index (χ0) is 12.0. The highest BCUT2D eigenvalue weighted by molar-refractivity contribution is 7.99. The molecule has 0 amide bonds. The average molecular weight is 241 g/mol. The Morgan fingerprint density at radius 2 is 2.19 bits per heavy atom. The lowest BCUT2D eigenvalue weighted by Gasteiger charge is -2.38. The molecule has 2 saturated carbocycles. The molecular weight excluding hydrogens is 218 g/mol. The van der Waals surface area contributed by atoms with Crippen molar-refractivity contribution >= 4 is 17.5 Å². The van der Waals surface area contributed by atoms with Gasteiger partial charge in [0.05, 0.1) is 5.71 Å². The highest BCUT2D eigenvalue weighted by atomic mass is 32.2. The molecule has 1 N–H and O–H groups in total. The zero-order valence-electron chi connectivity index (χ0n) is 10.8. The predicted molar refractivity (Wildman–Crippen MR) is 70.4 cm³/mol. The molecule has 3 heteroatoms. The third kappa shape index (κ3) is 1.51. The van der Waals surface area contributed by atoms with Crippen LogP contribution in [0, 0.1) is 16.7 Å². The molecule has 16 heavy (non-hydrogen) atoms. The van der Waals surface area contributed by atoms with E-state index in [9.17, 15) is 5.21 Å². The van der Waals surface area contributed by atoms with E-state index in [2.05, 4.69) is 32.9 Å². The number of hydrogen-bond acceptors (Lipinski definition) is 3. The van der Waals surface area contributed by atoms with Crippen molar-refractivity contribution in [2.75, 3.05) is 5.75 Å². The SMILES string of the molecule is CC(C)SC[C@]12CC[C@H](C/C1=N\O)C2(C)C. The van der Waals surface area contributed by atoms with E-state index in [0.717, 1.165) is 23.8 Å². The van der Waals surface area contributed by atoms with Gasteiger partial charge in [-0.25, -0.2) is 0 Å². The van der Waals surface area contributed by atoms with Gasteiger partial charge in [0.2, 0.25) is 0 Å². The van der Waals surface area contributed by atoms with Crippen molar-refractivity contribution in [2.45, 2.75) is 52.2 Å². The Balaban J connectivity index is 2.26. The zero-order valence-corrected chi connectivity index (χ0v) is 11.6. The van der Waals surface area contributed by atoms with Crippen LogP contribution in [0.5, 0.6) is 0 Å². The Labute approximate surface area is 103 Å². The van der Waals surface area contributed by atoms with E-state index in [1.807, 2.05) is 11.8 Å². The van der Waals surface area contributed by atoms with Crippen molar-refractivity contribution in [1.29, 1.82) is 0 Å². The molecule has 2 fully saturated rings. The summed E-state index contributed by atoms with van der Waals surface area (Å²) < 4.78 is 0. The molecule has 2 atom stereocenters. The molecule has 2 bridgehead atoms. The van der Waals surface area contributed by atoms with Crippen molar-refractivity contribution in [3.8, 4) is 0 Å². The van der Waals surface area contributed by atoms with Crippen molar-refractivity contribution in [3.05, 3.63) is 0 Å². The molecule has 2 aliphatic rings. The second-order valence-electron chi connectivity index (χ2n) is 6.15. The third-order valence-electron chi connectivity index (χ3n) is 4.95. The molecule has 92 valence electrons. The summed E-state index contributed by atoms with van der Waals surface area (Å²) >= 11 is 2.01. The first-order valence-electron chi connectivity index (χ1n) is 6.27. The van der Waals surface area contributed by atoms with Gasteiger partial charge in [0.15, 0.2) is 0 Å². The second-order valence-corrected chi connectivity index (χ2v) is 7.71. The highest BCUT2D eigenvalue weighted by Crippen LogP contribution is 2.65. The van der Waals surface area contributed by atoms with Gasteiger partial charge in [-0.15, -0.1) is 0 Å². The van der Waals surface area contributed by atoms with Crippen molar-refractivity contribution in [1.82, 2.24) is 0 Å². The van der Waals surface area contributed by atoms with Gasteiger partial charge in [-0.2, -0.15) is 11.8 Å². The van der Waals surface area contributed by atoms with Gasteiger partial charge in [0.25, 0.3) is 0 Å². The molecule has 2 nitrogen and oxygen atoms in total. The quantitative estimate of drug-likeness (QED) is 0.602. The fraction of sp³-hybridized carbons (Fsp3) is 0.923. The molecule has 0 aromatic rings. The number of thioether (sulfide) groups is 1. The first-order chi connectivity index (χ1) is 7.44. The van der Waals surface area contributed by atoms with Crippen LogP contribution in [0.3, 0.4) is 0 Å². The molecule has 0 aromatic carbocycles. The molecule has 2 aliphatic carbocycles. The lowest BCUT2D eigenvalue weighted by molar-refractivity contribution is 0.194. The summed E-state index contributed by atoms with van der Waals surface area (Å²) in [4.78, 5) is 0. The lowest BCUT2D eigenvalue weighted by atomic mass is 9.70. The van der Waals surface area contributed by atoms with Gasteiger partial charge in [-0.05, 0) is 35.8 Å². The van der Waals surface area contributed by atoms with Gasteiger partial charge in [0.1, 0.15) is 0 Å². The molecule has 0 heterocycles. The first kappa shape index (κ1) is 12.3. The number of nitrogens with zero attached hydrogens (tertiary/aromatic N) is 1. The second kappa shape index (κ2) is 3.94. The Morgan fingerprint density at radius 3 is 2.69 bits per heavy atom. The van der Waals surface area contributed by atoms with Gasteiger partial charge in [0, 0.05) is 11.2 Å². The predicted octanol–water partition coefficient (Wildman–Crippen LogP) is 3.78. The molecule has 0 radical (unpaired) electrons. The largest absolute Gasteiger partial charge is 0.411 e. The summed E-state index contributed by atoms with van der Waals surface area (Å²) in [5, 5.41) is 13.5. The maximum absolute atomic E-state index is 9.23. The van der Waals surface area contributed by atoms with E-state index >= 15 is 0 Å². The van der Waals surface area contributed by atoms with Crippen LogP contribution in [0.25, 0.3) is 0 Å². The van der Waals surface area contributed by atoms with Crippen LogP contribution in [0.1, 0.15) is 47.0 Å². The summed E-state index contributed by atoms with van der Waals surface area (Å²) in [5.41, 5.74) is 1.56. The minimum Gasteiger partial charge on any atom is -0.411 e. The van der Waals surface area contributed by atoms with E-state index < -0.39 is 0 Å². The van der Waals surface area contributed by atoms with Crippen LogP contribution in [-0.2, 0) is 0 Å². The summed E-state index contributed by atoms with van der Waals surface area (Å²) in [6, 6.07) is 0. The maximum atomic E-state index is 9.23. The summed E-state index contributed by atoms with van der Waals surface area (Å²) in [7, 11) is 0. The van der Waals surface area contributed by atoms with Crippen LogP contribution in [-0.4, -0.2) is 21.9 Å². The molecule has 0 aliphatic heterocycles. The van der Waals surface area contributed by atoms with Crippen molar-refractivity contribution in [3.63, 3.8) is 0 Å². The topological polar surface area (TPSA) is 32.6 Å². The average Bonchev–Trinajstić information content (AvgIpc) is 2.60. The lowest BCUT2D eigenvalue weighted by Crippen LogP contribution is -2.38. The first-order valence-corrected chi connectivity index (χ1v) is 7.32. The number of oxime groups is 1. The number of hydrogen-bond donors (Lipinski definition) is 1. The molecule has 0 unspecified atom stereocenters. The van der Waals surface area contributed by atoms with E-state index in [0.29, 0.717) is 10.7 Å². The van der Waals surface area contributed by atoms with Gasteiger partial charge >= 0.3 is 0 Å². The smallest absolute Gasteiger partial charge is 0.0649 e. The van der Waals surface area contributed by atoms with Crippen LogP contribution in [0.4, 0.5) is 0 Å².